The molecule has 0 bridgehead atoms. The van der Waals surface area contributed by atoms with Gasteiger partial charge in [-0.1, -0.05) is 99.2 Å². The average molecular weight is 640 g/mol. The van der Waals surface area contributed by atoms with Crippen molar-refractivity contribution in [3.8, 4) is 0 Å². The molecule has 0 nitrogen and oxygen atoms in total. The minimum Gasteiger partial charge on any atom is -0.147 e. The molecule has 172 valence electrons. The van der Waals surface area contributed by atoms with Crippen molar-refractivity contribution in [1.82, 2.24) is 0 Å². The van der Waals surface area contributed by atoms with E-state index < -0.39 is 0 Å². The number of halogens is 1. The Hall–Kier alpha value is -1.22. The Kier molecular flexibility index (Phi) is 12.9. The fourth-order valence-electron chi connectivity index (χ4n) is 3.92. The van der Waals surface area contributed by atoms with Crippen LogP contribution in [0.1, 0.15) is 49.9 Å². The predicted octanol–water partition coefficient (Wildman–Crippen LogP) is 8.76. The molecular formula is C30H37ClHfSi. The van der Waals surface area contributed by atoms with Gasteiger partial charge in [-0.2, -0.15) is 23.3 Å². The molecule has 2 unspecified atom stereocenters. The van der Waals surface area contributed by atoms with Crippen LogP contribution < -0.4 is 0 Å². The Labute approximate surface area is 223 Å². The molecule has 0 N–H and O–H groups in total. The van der Waals surface area contributed by atoms with Crippen molar-refractivity contribution in [2.45, 2.75) is 54.6 Å². The molecule has 0 fully saturated rings. The van der Waals surface area contributed by atoms with Crippen LogP contribution in [0.5, 0.6) is 0 Å². The van der Waals surface area contributed by atoms with E-state index in [2.05, 4.69) is 127 Å². The monoisotopic (exact) mass is 640 g/mol. The Morgan fingerprint density at radius 3 is 1.27 bits per heavy atom. The Morgan fingerprint density at radius 1 is 0.697 bits per heavy atom. The zero-order valence-electron chi connectivity index (χ0n) is 21.3. The maximum atomic E-state index is 3.41. The van der Waals surface area contributed by atoms with Gasteiger partial charge in [-0.3, -0.25) is 12.2 Å². The van der Waals surface area contributed by atoms with Gasteiger partial charge >= 0.3 is 41.6 Å². The minimum atomic E-state index is 0. The third kappa shape index (κ3) is 9.89. The zero-order chi connectivity index (χ0) is 23.8. The molecule has 0 saturated heterocycles. The number of benzene rings is 2. The van der Waals surface area contributed by atoms with Gasteiger partial charge in [-0.15, -0.1) is 23.5 Å². The van der Waals surface area contributed by atoms with Gasteiger partial charge in [0.1, 0.15) is 0 Å². The fraction of sp³-hybridized carbons (Fsp3) is 0.333. The smallest absolute Gasteiger partial charge is 0.147 e. The summed E-state index contributed by atoms with van der Waals surface area (Å²) in [5.41, 5.74) is 10.8. The average Bonchev–Trinajstić information content (AvgIpc) is 3.22. The quantitative estimate of drug-likeness (QED) is 0.228. The minimum absolute atomic E-state index is 0. The molecule has 0 radical (unpaired) electrons. The van der Waals surface area contributed by atoms with Crippen molar-refractivity contribution in [3.05, 3.63) is 106 Å². The summed E-state index contributed by atoms with van der Waals surface area (Å²) in [5, 5.41) is 0. The Bertz CT molecular complexity index is 1000. The van der Waals surface area contributed by atoms with Crippen LogP contribution in [0.15, 0.2) is 71.8 Å². The SMILES string of the molecule is CC1=[C-]C(C)C=C1c1cccc(C)c1.CC1=[C-]C(C)C=C1c1cccc(C)c1.C[Si](C)=[Hf+2].Cl. The third-order valence-electron chi connectivity index (χ3n) is 5.19. The molecule has 3 heteroatoms. The van der Waals surface area contributed by atoms with Gasteiger partial charge in [0.05, 0.1) is 0 Å². The Balaban J connectivity index is 0.000000278. The first-order valence-corrected chi connectivity index (χ1v) is 19.3. The number of hydrogen-bond donors (Lipinski definition) is 0. The summed E-state index contributed by atoms with van der Waals surface area (Å²) < 4.78 is 0. The molecule has 4 rings (SSSR count). The topological polar surface area (TPSA) is 0 Å². The van der Waals surface area contributed by atoms with E-state index in [-0.39, 0.29) is 17.9 Å². The molecule has 2 aromatic carbocycles. The maximum Gasteiger partial charge on any atom is -0.147 e. The van der Waals surface area contributed by atoms with Crippen molar-refractivity contribution in [2.24, 2.45) is 11.8 Å². The summed E-state index contributed by atoms with van der Waals surface area (Å²) in [6, 6.07) is 17.3. The predicted molar refractivity (Wildman–Crippen MR) is 146 cm³/mol. The van der Waals surface area contributed by atoms with E-state index in [0.29, 0.717) is 11.8 Å². The number of hydrogen-bond acceptors (Lipinski definition) is 0. The van der Waals surface area contributed by atoms with E-state index in [4.69, 9.17) is 0 Å². The second kappa shape index (κ2) is 14.2. The first-order chi connectivity index (χ1) is 15.1. The second-order valence-corrected chi connectivity index (χ2v) is 21.8. The summed E-state index contributed by atoms with van der Waals surface area (Å²) in [4.78, 5) is 0. The van der Waals surface area contributed by atoms with E-state index in [1.165, 1.54) is 67.5 Å². The number of allylic oxidation sites excluding steroid dienone is 8. The largest absolute Gasteiger partial charge is 0.147 e. The van der Waals surface area contributed by atoms with Crippen molar-refractivity contribution in [1.29, 1.82) is 0 Å². The van der Waals surface area contributed by atoms with Crippen LogP contribution in [-0.4, -0.2) is 5.49 Å². The molecule has 0 aromatic heterocycles. The molecule has 2 atom stereocenters. The van der Waals surface area contributed by atoms with Gasteiger partial charge in [-0.25, -0.2) is 11.1 Å². The van der Waals surface area contributed by atoms with Crippen LogP contribution in [0.2, 0.25) is 13.1 Å². The fourth-order valence-corrected chi connectivity index (χ4v) is 3.92. The van der Waals surface area contributed by atoms with Crippen LogP contribution in [0.3, 0.4) is 0 Å². The second-order valence-electron chi connectivity index (χ2n) is 9.02. The van der Waals surface area contributed by atoms with Crippen LogP contribution in [0.25, 0.3) is 11.1 Å². The van der Waals surface area contributed by atoms with Gasteiger partial charge in [0.2, 0.25) is 0 Å². The van der Waals surface area contributed by atoms with Gasteiger partial charge in [0.15, 0.2) is 0 Å². The molecule has 0 aliphatic heterocycles. The molecule has 2 aromatic rings. The third-order valence-corrected chi connectivity index (χ3v) is 5.19. The standard InChI is InChI=1S/2C14H15.C2H6Si.ClH.Hf/c2*1-10-5-4-6-13(8-10)14-9-11(2)7-12(14)3;1-3-2;;/h2*4-6,8-9,11H,1-3H3;1-2H3;1H;/q2*-1;;;+2. The van der Waals surface area contributed by atoms with E-state index >= 15 is 0 Å². The normalized spacial score (nSPS) is 18.4. The summed E-state index contributed by atoms with van der Waals surface area (Å²) in [5.74, 6) is 0.927. The van der Waals surface area contributed by atoms with Crippen molar-refractivity contribution in [3.63, 3.8) is 0 Å². The molecule has 2 aliphatic rings. The van der Waals surface area contributed by atoms with Gasteiger partial charge in [-0.05, 0) is 13.8 Å². The maximum absolute atomic E-state index is 3.41. The molecule has 0 heterocycles. The molecular weight excluding hydrogens is 602 g/mol. The van der Waals surface area contributed by atoms with Crippen LogP contribution in [-0.2, 0) is 23.0 Å². The molecule has 0 amide bonds. The van der Waals surface area contributed by atoms with Gasteiger partial charge < -0.3 is 0 Å². The van der Waals surface area contributed by atoms with Crippen LogP contribution >= 0.6 is 12.4 Å². The Morgan fingerprint density at radius 2 is 1.03 bits per heavy atom. The summed E-state index contributed by atoms with van der Waals surface area (Å²) in [7, 11) is 0. The van der Waals surface area contributed by atoms with E-state index in [9.17, 15) is 0 Å². The van der Waals surface area contributed by atoms with E-state index in [1.807, 2.05) is 0 Å². The summed E-state index contributed by atoms with van der Waals surface area (Å²) >= 11 is 1.45. The van der Waals surface area contributed by atoms with Crippen LogP contribution in [0, 0.1) is 37.8 Å². The number of rotatable bonds is 2. The van der Waals surface area contributed by atoms with Gasteiger partial charge in [0, 0.05) is 0 Å². The molecule has 0 saturated carbocycles. The zero-order valence-corrected chi connectivity index (χ0v) is 26.7. The van der Waals surface area contributed by atoms with Crippen molar-refractivity contribution < 1.29 is 23.0 Å². The van der Waals surface area contributed by atoms with Crippen molar-refractivity contribution in [2.75, 3.05) is 0 Å². The molecule has 33 heavy (non-hydrogen) atoms. The number of aryl methyl sites for hydroxylation is 2. The molecule has 0 spiro atoms. The summed E-state index contributed by atoms with van der Waals surface area (Å²) in [6.07, 6.45) is 11.4. The van der Waals surface area contributed by atoms with E-state index in [0.717, 1.165) is 0 Å². The first-order valence-electron chi connectivity index (χ1n) is 11.4. The molecule has 2 aliphatic carbocycles. The van der Waals surface area contributed by atoms with E-state index in [1.54, 1.807) is 0 Å². The first kappa shape index (κ1) is 29.8. The van der Waals surface area contributed by atoms with Crippen molar-refractivity contribution >= 4 is 29.0 Å². The van der Waals surface area contributed by atoms with Crippen LogP contribution in [0.4, 0.5) is 0 Å². The summed E-state index contributed by atoms with van der Waals surface area (Å²) in [6.45, 7) is 17.5. The van der Waals surface area contributed by atoms with Gasteiger partial charge in [0.25, 0.3) is 0 Å².